The van der Waals surface area contributed by atoms with Crippen LogP contribution in [0.15, 0.2) is 58.3 Å². The van der Waals surface area contributed by atoms with Gasteiger partial charge in [-0.15, -0.1) is 0 Å². The van der Waals surface area contributed by atoms with Gasteiger partial charge in [-0.2, -0.15) is 5.10 Å². The molecule has 1 spiro atoms. The number of benzene rings is 3. The Morgan fingerprint density at radius 1 is 1.00 bits per heavy atom. The number of halogens is 1. The van der Waals surface area contributed by atoms with E-state index in [0.717, 1.165) is 29.7 Å². The Hall–Kier alpha value is -6.54. The maximum Gasteiger partial charge on any atom is 0.260 e. The number of rotatable bonds is 5. The first kappa shape index (κ1) is 31.7. The van der Waals surface area contributed by atoms with Gasteiger partial charge in [-0.05, 0) is 36.1 Å². The highest BCUT2D eigenvalue weighted by Gasteiger charge is 2.62. The summed E-state index contributed by atoms with van der Waals surface area (Å²) in [5.74, 6) is -7.62. The molecule has 6 N–H and O–H groups in total. The topological polar surface area (TPSA) is 228 Å². The number of amides is 1. The van der Waals surface area contributed by atoms with Crippen molar-refractivity contribution in [2.45, 2.75) is 24.7 Å². The van der Waals surface area contributed by atoms with Crippen molar-refractivity contribution < 1.29 is 44.0 Å². The lowest BCUT2D eigenvalue weighted by Crippen LogP contribution is -2.36. The Kier molecular flexibility index (Phi) is 6.83. The SMILES string of the molecule is COC1=CC(=O)c2c(O)c3c(c(O)c2C1=O)C(=O)[C@]1(CCc2c1c(O)c1c(=O)[nH]c(/C=N/NC(=O)Cc4c[nH]c5ccccc45)cc1c2Cl)C3=O. The summed E-state index contributed by atoms with van der Waals surface area (Å²) in [5, 5.41) is 38.5. The minimum Gasteiger partial charge on any atom is -0.507 e. The molecule has 1 amide bonds. The normalized spacial score (nSPS) is 17.8. The number of phenols is 3. The first-order valence-corrected chi connectivity index (χ1v) is 15.8. The number of H-pyrrole nitrogens is 2. The van der Waals surface area contributed by atoms with Gasteiger partial charge in [0.15, 0.2) is 23.1 Å². The van der Waals surface area contributed by atoms with E-state index in [0.29, 0.717) is 0 Å². The molecule has 3 aromatic carbocycles. The lowest BCUT2D eigenvalue weighted by Gasteiger charge is -2.23. The first-order valence-electron chi connectivity index (χ1n) is 15.4. The fraction of sp³-hybridized carbons (Fsp3) is 0.139. The lowest BCUT2D eigenvalue weighted by molar-refractivity contribution is -0.120. The second-order valence-corrected chi connectivity index (χ2v) is 12.7. The van der Waals surface area contributed by atoms with Crippen LogP contribution >= 0.6 is 11.6 Å². The van der Waals surface area contributed by atoms with Crippen LogP contribution in [-0.2, 0) is 27.8 Å². The molecular weight excluding hydrogens is 684 g/mol. The van der Waals surface area contributed by atoms with Gasteiger partial charge in [0.25, 0.3) is 5.56 Å². The summed E-state index contributed by atoms with van der Waals surface area (Å²) in [6.07, 6.45) is 3.40. The summed E-state index contributed by atoms with van der Waals surface area (Å²) in [6.45, 7) is 0. The van der Waals surface area contributed by atoms with E-state index in [9.17, 15) is 44.1 Å². The number of ether oxygens (including phenoxy) is 1. The summed E-state index contributed by atoms with van der Waals surface area (Å²) in [6, 6.07) is 8.89. The van der Waals surface area contributed by atoms with Gasteiger partial charge >= 0.3 is 0 Å². The molecule has 254 valence electrons. The molecule has 0 fully saturated rings. The summed E-state index contributed by atoms with van der Waals surface area (Å²) < 4.78 is 4.92. The predicted molar refractivity (Wildman–Crippen MR) is 181 cm³/mol. The molecule has 0 radical (unpaired) electrons. The third-order valence-corrected chi connectivity index (χ3v) is 10.2. The van der Waals surface area contributed by atoms with Gasteiger partial charge in [-0.1, -0.05) is 29.8 Å². The van der Waals surface area contributed by atoms with Crippen molar-refractivity contribution in [1.82, 2.24) is 15.4 Å². The van der Waals surface area contributed by atoms with Gasteiger partial charge < -0.3 is 30.0 Å². The molecule has 15 heteroatoms. The maximum atomic E-state index is 14.2. The fourth-order valence-electron chi connectivity index (χ4n) is 7.54. The van der Waals surface area contributed by atoms with Gasteiger partial charge in [0, 0.05) is 34.1 Å². The van der Waals surface area contributed by atoms with E-state index in [1.807, 2.05) is 24.3 Å². The van der Waals surface area contributed by atoms with Crippen LogP contribution in [0.2, 0.25) is 5.02 Å². The number of hydrazone groups is 1. The van der Waals surface area contributed by atoms with Crippen LogP contribution < -0.4 is 11.0 Å². The van der Waals surface area contributed by atoms with E-state index in [4.69, 9.17) is 16.3 Å². The number of carbonyl (C=O) groups is 5. The number of nitrogens with one attached hydrogen (secondary N) is 3. The maximum absolute atomic E-state index is 14.2. The van der Waals surface area contributed by atoms with Gasteiger partial charge in [0.05, 0.1) is 58.1 Å². The highest BCUT2D eigenvalue weighted by Crippen LogP contribution is 2.58. The Balaban J connectivity index is 1.17. The van der Waals surface area contributed by atoms with Crippen LogP contribution in [-0.4, -0.2) is 67.7 Å². The number of hydrogen-bond donors (Lipinski definition) is 6. The predicted octanol–water partition coefficient (Wildman–Crippen LogP) is 3.64. The number of para-hydroxylation sites is 1. The van der Waals surface area contributed by atoms with Crippen LogP contribution in [0, 0.1) is 0 Å². The van der Waals surface area contributed by atoms with Gasteiger partial charge in [-0.3, -0.25) is 28.8 Å². The molecule has 0 saturated carbocycles. The zero-order chi connectivity index (χ0) is 36.1. The zero-order valence-corrected chi connectivity index (χ0v) is 27.0. The van der Waals surface area contributed by atoms with Crippen molar-refractivity contribution in [2.75, 3.05) is 7.11 Å². The molecule has 1 atom stereocenters. The van der Waals surface area contributed by atoms with Crippen LogP contribution in [0.1, 0.15) is 70.2 Å². The van der Waals surface area contributed by atoms with Gasteiger partial charge in [-0.25, -0.2) is 5.43 Å². The molecule has 3 aliphatic carbocycles. The number of ketones is 4. The first-order chi connectivity index (χ1) is 24.4. The highest BCUT2D eigenvalue weighted by molar-refractivity contribution is 6.41. The monoisotopic (exact) mass is 706 g/mol. The lowest BCUT2D eigenvalue weighted by atomic mass is 9.76. The summed E-state index contributed by atoms with van der Waals surface area (Å²) >= 11 is 6.81. The van der Waals surface area contributed by atoms with Crippen molar-refractivity contribution in [1.29, 1.82) is 0 Å². The molecule has 5 aromatic rings. The molecule has 2 heterocycles. The Morgan fingerprint density at radius 3 is 2.43 bits per heavy atom. The molecule has 51 heavy (non-hydrogen) atoms. The number of hydrogen-bond acceptors (Lipinski definition) is 11. The van der Waals surface area contributed by atoms with Crippen molar-refractivity contribution in [3.8, 4) is 17.2 Å². The highest BCUT2D eigenvalue weighted by atomic mass is 35.5. The quantitative estimate of drug-likeness (QED) is 0.0673. The molecule has 14 nitrogen and oxygen atoms in total. The van der Waals surface area contributed by atoms with E-state index in [1.165, 1.54) is 12.3 Å². The standard InChI is InChI=1S/C36H23ClN4O10/c1-51-20-10-19(42)23-24(29(20)44)31(46)26-25(30(23)45)33(48)36(34(26)49)7-6-16-27(36)32(47)22-17(28(16)37)9-14(40-35(22)50)12-39-41-21(43)8-13-11-38-18-5-3-2-4-15(13)18/h2-5,9-12,38,45-47H,6-8H2,1H3,(H,40,50)(H,41,43)/b39-12+/t36-/m0/s1. The number of phenolic OH excluding ortho intramolecular Hbond substituents is 3. The van der Waals surface area contributed by atoms with E-state index >= 15 is 0 Å². The molecule has 0 aliphatic heterocycles. The molecule has 8 rings (SSSR count). The zero-order valence-electron chi connectivity index (χ0n) is 26.3. The van der Waals surface area contributed by atoms with E-state index < -0.39 is 85.3 Å². The molecule has 0 unspecified atom stereocenters. The second-order valence-electron chi connectivity index (χ2n) is 12.4. The minimum atomic E-state index is -2.25. The number of carbonyl (C=O) groups excluding carboxylic acids is 5. The second kappa shape index (κ2) is 11.0. The average molecular weight is 707 g/mol. The molecular formula is C36H23ClN4O10. The van der Waals surface area contributed by atoms with Gasteiger partial charge in [0.1, 0.15) is 22.7 Å². The van der Waals surface area contributed by atoms with Crippen molar-refractivity contribution in [3.05, 3.63) is 108 Å². The third-order valence-electron chi connectivity index (χ3n) is 9.78. The van der Waals surface area contributed by atoms with Crippen molar-refractivity contribution in [2.24, 2.45) is 5.10 Å². The average Bonchev–Trinajstić information content (AvgIpc) is 3.77. The van der Waals surface area contributed by atoms with Crippen LogP contribution in [0.3, 0.4) is 0 Å². The molecule has 3 aliphatic rings. The number of nitrogens with zero attached hydrogens (tertiary/aromatic N) is 1. The number of aromatic hydroxyl groups is 3. The van der Waals surface area contributed by atoms with E-state index in [2.05, 4.69) is 20.5 Å². The van der Waals surface area contributed by atoms with Crippen LogP contribution in [0.25, 0.3) is 21.7 Å². The largest absolute Gasteiger partial charge is 0.507 e. The number of fused-ring (bicyclic) bond motifs is 6. The molecule has 0 bridgehead atoms. The number of allylic oxidation sites excluding steroid dienone is 2. The summed E-state index contributed by atoms with van der Waals surface area (Å²) in [4.78, 5) is 86.0. The van der Waals surface area contributed by atoms with Gasteiger partial charge in [0.2, 0.25) is 11.7 Å². The van der Waals surface area contributed by atoms with Crippen molar-refractivity contribution in [3.63, 3.8) is 0 Å². The fourth-order valence-corrected chi connectivity index (χ4v) is 7.87. The number of aromatic amines is 2. The number of methoxy groups -OCH3 is 1. The Morgan fingerprint density at radius 2 is 1.71 bits per heavy atom. The molecule has 2 aromatic heterocycles. The number of pyridine rings is 1. The summed E-state index contributed by atoms with van der Waals surface area (Å²) in [7, 11) is 1.12. The van der Waals surface area contributed by atoms with Crippen LogP contribution in [0.5, 0.6) is 17.2 Å². The minimum absolute atomic E-state index is 0.0281. The molecule has 0 saturated heterocycles. The smallest absolute Gasteiger partial charge is 0.260 e. The Bertz CT molecular complexity index is 2650. The van der Waals surface area contributed by atoms with E-state index in [1.54, 1.807) is 6.20 Å². The van der Waals surface area contributed by atoms with E-state index in [-0.39, 0.29) is 51.9 Å². The number of aromatic nitrogens is 2. The van der Waals surface area contributed by atoms with Crippen molar-refractivity contribution >= 4 is 68.5 Å². The summed E-state index contributed by atoms with van der Waals surface area (Å²) in [5.41, 5.74) is -1.85. The van der Waals surface area contributed by atoms with Crippen LogP contribution in [0.4, 0.5) is 0 Å². The Labute approximate surface area is 290 Å². The number of Topliss-reactive ketones (excluding diaryl/α,β-unsaturated/α-hetero) is 3. The third kappa shape index (κ3) is 4.19.